The van der Waals surface area contributed by atoms with Crippen LogP contribution in [-0.2, 0) is 22.1 Å². The number of anilines is 2. The number of nitrogens with zero attached hydrogens (tertiary/aromatic N) is 4. The first-order valence-corrected chi connectivity index (χ1v) is 14.1. The highest BCUT2D eigenvalue weighted by Gasteiger charge is 2.32. The summed E-state index contributed by atoms with van der Waals surface area (Å²) in [5, 5.41) is 18.2. The average molecular weight is 600 g/mol. The van der Waals surface area contributed by atoms with E-state index in [9.17, 15) is 23.1 Å². The number of hydrogen-bond donors (Lipinski definition) is 2. The number of halogens is 3. The van der Waals surface area contributed by atoms with E-state index in [2.05, 4.69) is 15.3 Å². The normalized spacial score (nSPS) is 16.9. The largest absolute Gasteiger partial charge is 0.462 e. The van der Waals surface area contributed by atoms with Crippen LogP contribution in [0.3, 0.4) is 0 Å². The highest BCUT2D eigenvalue weighted by atomic mass is 19.4. The maximum Gasteiger partial charge on any atom is 0.416 e. The van der Waals surface area contributed by atoms with Crippen LogP contribution in [0.4, 0.5) is 24.8 Å². The summed E-state index contributed by atoms with van der Waals surface area (Å²) in [4.78, 5) is 21.0. The molecule has 2 atom stereocenters. The van der Waals surface area contributed by atoms with Gasteiger partial charge in [0.1, 0.15) is 6.10 Å². The smallest absolute Gasteiger partial charge is 0.416 e. The molecular formula is C33H28F3N5O3. The molecule has 0 unspecified atom stereocenters. The molecule has 1 aliphatic heterocycles. The van der Waals surface area contributed by atoms with Crippen molar-refractivity contribution >= 4 is 17.6 Å². The molecule has 3 heterocycles. The number of cyclic esters (lactones) is 1. The number of aliphatic hydroxyl groups is 1. The summed E-state index contributed by atoms with van der Waals surface area (Å²) in [5.74, 6) is 0.143. The number of alkyl halides is 3. The predicted molar refractivity (Wildman–Crippen MR) is 158 cm³/mol. The number of carbonyl (C=O) groups is 1. The molecule has 6 rings (SSSR count). The van der Waals surface area contributed by atoms with Gasteiger partial charge in [-0.1, -0.05) is 60.7 Å². The van der Waals surface area contributed by atoms with Gasteiger partial charge in [0, 0.05) is 41.1 Å². The summed E-state index contributed by atoms with van der Waals surface area (Å²) in [7, 11) is 0. The molecule has 0 radical (unpaired) electrons. The SMILES string of the molecule is O=C1C[C@H](O)C[C@H](CCc2c(-c3ccccc3)nn(-c3ccnc(Nc4ccccc4)n3)c2-c2cccc(C(F)(F)F)c2)O1. The van der Waals surface area contributed by atoms with Crippen LogP contribution in [0.25, 0.3) is 28.3 Å². The second-order valence-electron chi connectivity index (χ2n) is 10.5. The van der Waals surface area contributed by atoms with Crippen LogP contribution in [0.15, 0.2) is 97.2 Å². The molecule has 0 aliphatic carbocycles. The van der Waals surface area contributed by atoms with Crippen molar-refractivity contribution in [2.75, 3.05) is 5.32 Å². The van der Waals surface area contributed by atoms with Crippen molar-refractivity contribution in [1.82, 2.24) is 19.7 Å². The second-order valence-corrected chi connectivity index (χ2v) is 10.5. The van der Waals surface area contributed by atoms with Crippen molar-refractivity contribution < 1.29 is 27.8 Å². The first kappa shape index (κ1) is 29.1. The first-order valence-electron chi connectivity index (χ1n) is 14.1. The van der Waals surface area contributed by atoms with Gasteiger partial charge < -0.3 is 15.2 Å². The van der Waals surface area contributed by atoms with Crippen LogP contribution in [-0.4, -0.2) is 43.0 Å². The number of esters is 1. The molecule has 0 amide bonds. The number of para-hydroxylation sites is 1. The van der Waals surface area contributed by atoms with E-state index in [4.69, 9.17) is 9.84 Å². The Hall–Kier alpha value is -5.03. The Morgan fingerprint density at radius 2 is 1.68 bits per heavy atom. The third-order valence-corrected chi connectivity index (χ3v) is 7.33. The van der Waals surface area contributed by atoms with Gasteiger partial charge in [-0.05, 0) is 37.1 Å². The molecule has 0 spiro atoms. The predicted octanol–water partition coefficient (Wildman–Crippen LogP) is 6.76. The fraction of sp³-hybridized carbons (Fsp3) is 0.212. The third-order valence-electron chi connectivity index (χ3n) is 7.33. The van der Waals surface area contributed by atoms with Crippen molar-refractivity contribution in [3.05, 3.63) is 108 Å². The van der Waals surface area contributed by atoms with Crippen molar-refractivity contribution in [2.45, 2.75) is 44.1 Å². The first-order chi connectivity index (χ1) is 21.2. The molecule has 2 N–H and O–H groups in total. The lowest BCUT2D eigenvalue weighted by Gasteiger charge is -2.26. The van der Waals surface area contributed by atoms with E-state index in [0.717, 1.165) is 23.4 Å². The van der Waals surface area contributed by atoms with Crippen LogP contribution in [0.2, 0.25) is 0 Å². The van der Waals surface area contributed by atoms with E-state index in [1.807, 2.05) is 60.7 Å². The van der Waals surface area contributed by atoms with E-state index in [-0.39, 0.29) is 18.8 Å². The lowest BCUT2D eigenvalue weighted by atomic mass is 9.94. The fourth-order valence-electron chi connectivity index (χ4n) is 5.34. The standard InChI is InChI=1S/C33H28F3N5O3/c34-33(35,36)23-11-7-10-22(18-23)31-27(15-14-26-19-25(42)20-29(43)44-26)30(21-8-3-1-4-9-21)40-41(31)28-16-17-37-32(39-28)38-24-12-5-2-6-13-24/h1-13,16-18,25-26,42H,14-15,19-20H2,(H,37,38,39)/t25-,26+/m1/s1. The van der Waals surface area contributed by atoms with Gasteiger partial charge in [-0.15, -0.1) is 0 Å². The third kappa shape index (κ3) is 6.47. The van der Waals surface area contributed by atoms with E-state index in [0.29, 0.717) is 41.2 Å². The Labute approximate surface area is 251 Å². The Balaban J connectivity index is 1.51. The number of ether oxygens (including phenoxy) is 1. The zero-order valence-electron chi connectivity index (χ0n) is 23.4. The van der Waals surface area contributed by atoms with Gasteiger partial charge in [0.05, 0.1) is 29.5 Å². The molecule has 5 aromatic rings. The molecule has 44 heavy (non-hydrogen) atoms. The zero-order valence-corrected chi connectivity index (χ0v) is 23.4. The Kier molecular flexibility index (Phi) is 8.12. The lowest BCUT2D eigenvalue weighted by Crippen LogP contribution is -2.32. The molecule has 11 heteroatoms. The fourth-order valence-corrected chi connectivity index (χ4v) is 5.34. The lowest BCUT2D eigenvalue weighted by molar-refractivity contribution is -0.160. The molecule has 1 saturated heterocycles. The molecule has 8 nitrogen and oxygen atoms in total. The molecule has 3 aromatic carbocycles. The monoisotopic (exact) mass is 599 g/mol. The summed E-state index contributed by atoms with van der Waals surface area (Å²) in [6.07, 6.45) is -3.50. The van der Waals surface area contributed by atoms with Crippen LogP contribution in [0.1, 0.15) is 30.4 Å². The Morgan fingerprint density at radius 3 is 2.41 bits per heavy atom. The minimum atomic E-state index is -4.56. The Bertz CT molecular complexity index is 1760. The number of aliphatic hydroxyl groups excluding tert-OH is 1. The van der Waals surface area contributed by atoms with E-state index in [1.54, 1.807) is 18.3 Å². The summed E-state index contributed by atoms with van der Waals surface area (Å²) >= 11 is 0. The van der Waals surface area contributed by atoms with Gasteiger partial charge in [-0.3, -0.25) is 4.79 Å². The second kappa shape index (κ2) is 12.3. The average Bonchev–Trinajstić information content (AvgIpc) is 3.40. The van der Waals surface area contributed by atoms with Gasteiger partial charge in [0.25, 0.3) is 0 Å². The highest BCUT2D eigenvalue weighted by molar-refractivity contribution is 5.76. The van der Waals surface area contributed by atoms with E-state index < -0.39 is 29.9 Å². The Morgan fingerprint density at radius 1 is 0.955 bits per heavy atom. The molecule has 1 aliphatic rings. The summed E-state index contributed by atoms with van der Waals surface area (Å²) in [6.45, 7) is 0. The van der Waals surface area contributed by atoms with Crippen molar-refractivity contribution in [1.29, 1.82) is 0 Å². The van der Waals surface area contributed by atoms with Gasteiger partial charge in [-0.25, -0.2) is 9.67 Å². The van der Waals surface area contributed by atoms with Crippen LogP contribution < -0.4 is 5.32 Å². The number of nitrogens with one attached hydrogen (secondary N) is 1. The van der Waals surface area contributed by atoms with Gasteiger partial charge >= 0.3 is 12.1 Å². The summed E-state index contributed by atoms with van der Waals surface area (Å²) < 4.78 is 48.7. The molecule has 2 aromatic heterocycles. The number of hydrogen-bond acceptors (Lipinski definition) is 7. The van der Waals surface area contributed by atoms with E-state index in [1.165, 1.54) is 10.7 Å². The highest BCUT2D eigenvalue weighted by Crippen LogP contribution is 2.38. The van der Waals surface area contributed by atoms with Crippen molar-refractivity contribution in [3.8, 4) is 28.3 Å². The maximum atomic E-state index is 13.9. The van der Waals surface area contributed by atoms with Gasteiger partial charge in [0.15, 0.2) is 5.82 Å². The topological polar surface area (TPSA) is 102 Å². The zero-order chi connectivity index (χ0) is 30.7. The quantitative estimate of drug-likeness (QED) is 0.190. The molecule has 0 saturated carbocycles. The maximum absolute atomic E-state index is 13.9. The van der Waals surface area contributed by atoms with Crippen molar-refractivity contribution in [2.24, 2.45) is 0 Å². The minimum absolute atomic E-state index is 0.0632. The van der Waals surface area contributed by atoms with Gasteiger partial charge in [-0.2, -0.15) is 23.3 Å². The molecule has 0 bridgehead atoms. The number of carbonyl (C=O) groups excluding carboxylic acids is 1. The number of benzene rings is 3. The molecule has 224 valence electrons. The van der Waals surface area contributed by atoms with E-state index >= 15 is 0 Å². The summed E-state index contributed by atoms with van der Waals surface area (Å²) in [5.41, 5.74) is 2.64. The van der Waals surface area contributed by atoms with Crippen LogP contribution >= 0.6 is 0 Å². The van der Waals surface area contributed by atoms with Crippen molar-refractivity contribution in [3.63, 3.8) is 0 Å². The number of aromatic nitrogens is 4. The van der Waals surface area contributed by atoms with Crippen LogP contribution in [0, 0.1) is 0 Å². The van der Waals surface area contributed by atoms with Crippen LogP contribution in [0.5, 0.6) is 0 Å². The molecular weight excluding hydrogens is 571 g/mol. The molecule has 1 fully saturated rings. The number of rotatable bonds is 8. The van der Waals surface area contributed by atoms with Gasteiger partial charge in [0.2, 0.25) is 5.95 Å². The summed E-state index contributed by atoms with van der Waals surface area (Å²) in [6, 6.07) is 25.4. The minimum Gasteiger partial charge on any atom is -0.462 e.